The number of carbonyl (C=O) groups is 1. The van der Waals surface area contributed by atoms with Crippen molar-refractivity contribution in [1.82, 2.24) is 23.8 Å². The number of morpholine rings is 1. The third-order valence-electron chi connectivity index (χ3n) is 10.3. The van der Waals surface area contributed by atoms with Crippen LogP contribution in [0.15, 0.2) is 90.0 Å². The Labute approximate surface area is 332 Å². The van der Waals surface area contributed by atoms with E-state index < -0.39 is 53.5 Å². The number of imidazole rings is 1. The molecule has 2 aliphatic rings. The fourth-order valence-electron chi connectivity index (χ4n) is 7.64. The van der Waals surface area contributed by atoms with Crippen molar-refractivity contribution in [2.75, 3.05) is 38.9 Å². The number of hydrogen-bond acceptors (Lipinski definition) is 11. The Balaban J connectivity index is 1.40. The lowest BCUT2D eigenvalue weighted by atomic mass is 9.79. The highest BCUT2D eigenvalue weighted by molar-refractivity contribution is 7.88. The van der Waals surface area contributed by atoms with Crippen molar-refractivity contribution in [2.24, 2.45) is 5.92 Å². The zero-order valence-electron chi connectivity index (χ0n) is 33.2. The molecule has 4 heterocycles. The topological polar surface area (TPSA) is 176 Å². The molecule has 5 aromatic rings. The van der Waals surface area contributed by atoms with Crippen LogP contribution in [0.3, 0.4) is 0 Å². The lowest BCUT2D eigenvalue weighted by Crippen LogP contribution is -2.52. The van der Waals surface area contributed by atoms with Gasteiger partial charge in [-0.1, -0.05) is 68.4 Å². The Morgan fingerprint density at radius 1 is 0.982 bits per heavy atom. The number of aromatic amines is 1. The van der Waals surface area contributed by atoms with Gasteiger partial charge in [0.05, 0.1) is 45.6 Å². The molecule has 2 N–H and O–H groups in total. The van der Waals surface area contributed by atoms with E-state index in [1.807, 2.05) is 98.5 Å². The number of ether oxygens (including phenoxy) is 4. The monoisotopic (exact) mass is 816 g/mol. The Hall–Kier alpha value is -4.91. The minimum absolute atomic E-state index is 0.00936. The normalized spacial score (nSPS) is 21.3. The number of fused-ring (bicyclic) bond motifs is 3. The van der Waals surface area contributed by atoms with Crippen molar-refractivity contribution in [3.8, 4) is 11.5 Å². The highest BCUT2D eigenvalue weighted by Crippen LogP contribution is 2.52. The first-order valence-electron chi connectivity index (χ1n) is 18.6. The van der Waals surface area contributed by atoms with Gasteiger partial charge >= 0.3 is 0 Å². The molecule has 57 heavy (non-hydrogen) atoms. The maximum atomic E-state index is 13.8. The molecule has 2 saturated heterocycles. The van der Waals surface area contributed by atoms with Crippen LogP contribution in [-0.4, -0.2) is 97.8 Å². The number of nitrogens with zero attached hydrogens (tertiary/aromatic N) is 4. The molecular formula is C40H48N6O9SSi. The molecule has 1 amide bonds. The van der Waals surface area contributed by atoms with E-state index in [0.717, 1.165) is 22.9 Å². The van der Waals surface area contributed by atoms with Crippen LogP contribution in [0.5, 0.6) is 11.5 Å². The quantitative estimate of drug-likeness (QED) is 0.116. The molecule has 3 aromatic carbocycles. The molecule has 2 fully saturated rings. The first-order chi connectivity index (χ1) is 27.0. The third-order valence-corrected chi connectivity index (χ3v) is 12.5. The summed E-state index contributed by atoms with van der Waals surface area (Å²) in [6.45, 7) is 9.31. The molecule has 2 bridgehead atoms. The van der Waals surface area contributed by atoms with Crippen LogP contribution in [0.2, 0.25) is 19.6 Å². The van der Waals surface area contributed by atoms with E-state index in [1.54, 1.807) is 28.1 Å². The second kappa shape index (κ2) is 15.1. The maximum Gasteiger partial charge on any atom is 0.280 e. The van der Waals surface area contributed by atoms with Crippen LogP contribution in [-0.2, 0) is 34.3 Å². The number of hydrogen-bond donors (Lipinski definition) is 2. The zero-order chi connectivity index (χ0) is 40.9. The van der Waals surface area contributed by atoms with Gasteiger partial charge in [0.25, 0.3) is 5.56 Å². The predicted octanol–water partition coefficient (Wildman–Crippen LogP) is 4.87. The van der Waals surface area contributed by atoms with Gasteiger partial charge in [0.15, 0.2) is 25.7 Å². The molecule has 302 valence electrons. The number of carbonyl (C=O) groups excluding carboxylic acids is 1. The summed E-state index contributed by atoms with van der Waals surface area (Å²) in [5, 5.41) is 2.65. The number of benzene rings is 3. The Morgan fingerprint density at radius 2 is 1.56 bits per heavy atom. The van der Waals surface area contributed by atoms with Gasteiger partial charge < -0.3 is 23.4 Å². The summed E-state index contributed by atoms with van der Waals surface area (Å²) >= 11 is 0. The number of sulfonamides is 1. The highest BCUT2D eigenvalue weighted by atomic mass is 32.2. The Morgan fingerprint density at radius 3 is 2.09 bits per heavy atom. The predicted molar refractivity (Wildman–Crippen MR) is 216 cm³/mol. The molecule has 4 atom stereocenters. The van der Waals surface area contributed by atoms with E-state index in [1.165, 1.54) is 15.2 Å². The number of methoxy groups -OCH3 is 2. The van der Waals surface area contributed by atoms with E-state index in [2.05, 4.69) is 20.3 Å². The number of anilines is 1. The molecule has 0 unspecified atom stereocenters. The summed E-state index contributed by atoms with van der Waals surface area (Å²) < 4.78 is 62.9. The first kappa shape index (κ1) is 40.3. The average Bonchev–Trinajstić information content (AvgIpc) is 3.83. The molecule has 2 aromatic heterocycles. The van der Waals surface area contributed by atoms with Gasteiger partial charge in [0.2, 0.25) is 21.9 Å². The standard InChI is InChI=1S/C40H48N6O9SSi/c1-25(2)35(47)43-38-42-34-31(36(48)44-38)41-24-45(34)37-32-33(55-57(6,7)8)39(54-37,22-46(32)56(5,49)50)23-53-40(26-12-10-9-11-13-26,27-14-18-29(51-3)19-15-27)28-16-20-30(52-4)21-17-28/h9-21,24-25,32-33,37H,22-23H2,1-8H3,(H2,42,43,44,47,48)/t32-,33+,37-,39-/m1/s1. The van der Waals surface area contributed by atoms with Crippen molar-refractivity contribution in [3.63, 3.8) is 0 Å². The summed E-state index contributed by atoms with van der Waals surface area (Å²) in [5.74, 6) is 0.517. The first-order valence-corrected chi connectivity index (χ1v) is 23.8. The second-order valence-electron chi connectivity index (χ2n) is 15.7. The number of aromatic nitrogens is 4. The van der Waals surface area contributed by atoms with Crippen molar-refractivity contribution in [2.45, 2.75) is 63.1 Å². The fraction of sp³-hybridized carbons (Fsp3) is 0.400. The second-order valence-corrected chi connectivity index (χ2v) is 22.1. The average molecular weight is 817 g/mol. The van der Waals surface area contributed by atoms with Gasteiger partial charge in [0, 0.05) is 12.5 Å². The van der Waals surface area contributed by atoms with Crippen molar-refractivity contribution in [1.29, 1.82) is 0 Å². The van der Waals surface area contributed by atoms with Crippen LogP contribution < -0.4 is 20.3 Å². The maximum absolute atomic E-state index is 13.8. The van der Waals surface area contributed by atoms with E-state index in [-0.39, 0.29) is 42.1 Å². The minimum Gasteiger partial charge on any atom is -0.497 e. The molecule has 0 aliphatic carbocycles. The van der Waals surface area contributed by atoms with Gasteiger partial charge in [-0.05, 0) is 60.6 Å². The Kier molecular flexibility index (Phi) is 10.7. The lowest BCUT2D eigenvalue weighted by Gasteiger charge is -2.41. The largest absolute Gasteiger partial charge is 0.497 e. The van der Waals surface area contributed by atoms with Gasteiger partial charge in [-0.2, -0.15) is 9.29 Å². The van der Waals surface area contributed by atoms with Gasteiger partial charge in [-0.3, -0.25) is 24.5 Å². The summed E-state index contributed by atoms with van der Waals surface area (Å²) in [6, 6.07) is 24.1. The lowest BCUT2D eigenvalue weighted by molar-refractivity contribution is -0.168. The van der Waals surface area contributed by atoms with Gasteiger partial charge in [0.1, 0.15) is 22.7 Å². The smallest absolute Gasteiger partial charge is 0.280 e. The van der Waals surface area contributed by atoms with Gasteiger partial charge in [-0.15, -0.1) is 0 Å². The van der Waals surface area contributed by atoms with E-state index in [4.69, 9.17) is 23.4 Å². The van der Waals surface area contributed by atoms with Crippen LogP contribution in [0, 0.1) is 5.92 Å². The van der Waals surface area contributed by atoms with Gasteiger partial charge in [-0.25, -0.2) is 13.4 Å². The molecular weight excluding hydrogens is 769 g/mol. The van der Waals surface area contributed by atoms with E-state index in [0.29, 0.717) is 11.5 Å². The zero-order valence-corrected chi connectivity index (χ0v) is 35.0. The van der Waals surface area contributed by atoms with Crippen molar-refractivity contribution < 1.29 is 36.6 Å². The van der Waals surface area contributed by atoms with E-state index in [9.17, 15) is 18.0 Å². The summed E-state index contributed by atoms with van der Waals surface area (Å²) in [6.07, 6.45) is 0.682. The number of amides is 1. The molecule has 0 spiro atoms. The molecule has 17 heteroatoms. The summed E-state index contributed by atoms with van der Waals surface area (Å²) in [5.41, 5.74) is -0.751. The SMILES string of the molecule is COc1ccc(C(OC[C@@]23CN(S(C)(=O)=O)[C@@H]([C@H](n4cnc5c(=O)[nH]c(NC(=O)C(C)C)nc54)O2)[C@@H]3O[Si](C)(C)C)(c2ccccc2)c2ccc(OC)cc2)cc1. The van der Waals surface area contributed by atoms with Crippen LogP contribution in [0.25, 0.3) is 11.2 Å². The Bertz CT molecular complexity index is 2370. The molecule has 7 rings (SSSR count). The fourth-order valence-corrected chi connectivity index (χ4v) is 9.87. The summed E-state index contributed by atoms with van der Waals surface area (Å²) in [4.78, 5) is 37.4. The molecule has 2 aliphatic heterocycles. The van der Waals surface area contributed by atoms with Crippen molar-refractivity contribution >= 4 is 41.4 Å². The highest BCUT2D eigenvalue weighted by Gasteiger charge is 2.68. The minimum atomic E-state index is -3.88. The van der Waals surface area contributed by atoms with Crippen molar-refractivity contribution in [3.05, 3.63) is 112 Å². The third kappa shape index (κ3) is 7.50. The van der Waals surface area contributed by atoms with Crippen LogP contribution in [0.4, 0.5) is 5.95 Å². The molecule has 0 saturated carbocycles. The number of H-pyrrole nitrogens is 1. The number of rotatable bonds is 14. The van der Waals surface area contributed by atoms with Crippen LogP contribution >= 0.6 is 0 Å². The van der Waals surface area contributed by atoms with Crippen LogP contribution in [0.1, 0.15) is 36.8 Å². The molecule has 15 nitrogen and oxygen atoms in total. The molecule has 0 radical (unpaired) electrons. The van der Waals surface area contributed by atoms with E-state index >= 15 is 0 Å². The summed E-state index contributed by atoms with van der Waals surface area (Å²) in [7, 11) is -3.10. The number of nitrogens with one attached hydrogen (secondary N) is 2.